The van der Waals surface area contributed by atoms with Crippen molar-refractivity contribution >= 4 is 17.8 Å². The molecule has 0 saturated heterocycles. The molecule has 0 fully saturated rings. The Bertz CT molecular complexity index is 676. The first-order chi connectivity index (χ1) is 10.7. The average Bonchev–Trinajstić information content (AvgIpc) is 2.85. The Labute approximate surface area is 135 Å². The third-order valence-electron chi connectivity index (χ3n) is 2.81. The number of aromatic nitrogens is 2. The van der Waals surface area contributed by atoms with E-state index in [1.807, 2.05) is 31.2 Å². The van der Waals surface area contributed by atoms with Gasteiger partial charge in [0.2, 0.25) is 5.89 Å². The van der Waals surface area contributed by atoms with Crippen LogP contribution in [-0.4, -0.2) is 21.9 Å². The van der Waals surface area contributed by atoms with Gasteiger partial charge < -0.3 is 19.8 Å². The number of hydrogen-bond donors (Lipinski definition) is 2. The zero-order valence-electron chi connectivity index (χ0n) is 14.0. The van der Waals surface area contributed by atoms with Crippen molar-refractivity contribution in [2.24, 2.45) is 0 Å². The van der Waals surface area contributed by atoms with Crippen LogP contribution in [0.2, 0.25) is 0 Å². The molecular weight excluding hydrogens is 296 g/mol. The van der Waals surface area contributed by atoms with E-state index in [4.69, 9.17) is 9.15 Å². The monoisotopic (exact) mass is 318 g/mol. The van der Waals surface area contributed by atoms with E-state index in [2.05, 4.69) is 20.8 Å². The quantitative estimate of drug-likeness (QED) is 0.893. The molecule has 0 aliphatic heterocycles. The second-order valence-corrected chi connectivity index (χ2v) is 6.31. The Kier molecular flexibility index (Phi) is 4.88. The second-order valence-electron chi connectivity index (χ2n) is 6.31. The lowest BCUT2D eigenvalue weighted by molar-refractivity contribution is 0.0501. The normalized spacial score (nSPS) is 12.6. The van der Waals surface area contributed by atoms with Gasteiger partial charge in [-0.1, -0.05) is 17.2 Å². The van der Waals surface area contributed by atoms with E-state index in [1.165, 1.54) is 0 Å². The topological polar surface area (TPSA) is 89.3 Å². The summed E-state index contributed by atoms with van der Waals surface area (Å²) in [5.74, 6) is 0.297. The van der Waals surface area contributed by atoms with Crippen LogP contribution in [0, 0.1) is 6.92 Å². The van der Waals surface area contributed by atoms with E-state index in [1.54, 1.807) is 27.7 Å². The van der Waals surface area contributed by atoms with Crippen molar-refractivity contribution in [1.82, 2.24) is 15.5 Å². The highest BCUT2D eigenvalue weighted by Gasteiger charge is 2.21. The zero-order chi connectivity index (χ0) is 17.0. The lowest BCUT2D eigenvalue weighted by atomic mass is 10.2. The van der Waals surface area contributed by atoms with Gasteiger partial charge in [0.1, 0.15) is 11.6 Å². The summed E-state index contributed by atoms with van der Waals surface area (Å²) < 4.78 is 10.7. The van der Waals surface area contributed by atoms with Crippen molar-refractivity contribution in [1.29, 1.82) is 0 Å². The van der Waals surface area contributed by atoms with Crippen LogP contribution >= 0.6 is 0 Å². The number of carbonyl (C=O) groups excluding carboxylic acids is 1. The van der Waals surface area contributed by atoms with Crippen molar-refractivity contribution in [2.75, 3.05) is 5.32 Å². The van der Waals surface area contributed by atoms with Crippen molar-refractivity contribution in [3.8, 4) is 0 Å². The first-order valence-corrected chi connectivity index (χ1v) is 7.39. The molecule has 0 aliphatic rings. The number of aryl methyl sites for hydroxylation is 1. The fourth-order valence-corrected chi connectivity index (χ4v) is 1.85. The Morgan fingerprint density at radius 3 is 2.70 bits per heavy atom. The molecule has 0 radical (unpaired) electrons. The van der Waals surface area contributed by atoms with Crippen LogP contribution in [0.5, 0.6) is 0 Å². The van der Waals surface area contributed by atoms with E-state index >= 15 is 0 Å². The summed E-state index contributed by atoms with van der Waals surface area (Å²) in [6, 6.07) is 7.61. The van der Waals surface area contributed by atoms with Crippen LogP contribution in [0.3, 0.4) is 0 Å². The van der Waals surface area contributed by atoms with Crippen molar-refractivity contribution in [3.05, 3.63) is 35.7 Å². The Balaban J connectivity index is 1.97. The summed E-state index contributed by atoms with van der Waals surface area (Å²) in [5, 5.41) is 13.5. The van der Waals surface area contributed by atoms with Crippen LogP contribution in [0.15, 0.2) is 28.7 Å². The minimum atomic E-state index is -0.559. The van der Waals surface area contributed by atoms with Crippen LogP contribution in [0.25, 0.3) is 0 Å². The fourth-order valence-electron chi connectivity index (χ4n) is 1.85. The molecule has 124 valence electrons. The minimum Gasteiger partial charge on any atom is -0.444 e. The lowest BCUT2D eigenvalue weighted by Gasteiger charge is -2.20. The molecule has 1 amide bonds. The number of ether oxygens (including phenoxy) is 1. The fraction of sp³-hybridized carbons (Fsp3) is 0.438. The summed E-state index contributed by atoms with van der Waals surface area (Å²) in [6.07, 6.45) is -0.531. The summed E-state index contributed by atoms with van der Waals surface area (Å²) in [5.41, 5.74) is 1.42. The lowest BCUT2D eigenvalue weighted by Crippen LogP contribution is -2.34. The summed E-state index contributed by atoms with van der Waals surface area (Å²) in [4.78, 5) is 11.7. The summed E-state index contributed by atoms with van der Waals surface area (Å²) in [6.45, 7) is 9.14. The molecule has 2 N–H and O–H groups in total. The molecule has 1 heterocycles. The second kappa shape index (κ2) is 6.68. The van der Waals surface area contributed by atoms with Gasteiger partial charge in [0.05, 0.1) is 0 Å². The van der Waals surface area contributed by atoms with Gasteiger partial charge in [0, 0.05) is 5.69 Å². The molecule has 7 nitrogen and oxygen atoms in total. The van der Waals surface area contributed by atoms with Gasteiger partial charge >= 0.3 is 12.1 Å². The van der Waals surface area contributed by atoms with Gasteiger partial charge in [0.25, 0.3) is 0 Å². The van der Waals surface area contributed by atoms with Crippen molar-refractivity contribution in [3.63, 3.8) is 0 Å². The van der Waals surface area contributed by atoms with Crippen LogP contribution < -0.4 is 10.6 Å². The molecule has 1 aromatic heterocycles. The maximum atomic E-state index is 11.7. The van der Waals surface area contributed by atoms with Crippen molar-refractivity contribution in [2.45, 2.75) is 46.3 Å². The number of nitrogens with one attached hydrogen (secondary N) is 2. The number of nitrogens with zero attached hydrogens (tertiary/aromatic N) is 2. The SMILES string of the molecule is Cc1cccc(Nc2nnc(C(C)NC(=O)OC(C)(C)C)o2)c1. The Hall–Kier alpha value is -2.57. The molecule has 2 rings (SSSR count). The van der Waals surface area contributed by atoms with Gasteiger partial charge in [-0.2, -0.15) is 0 Å². The number of carbonyl (C=O) groups is 1. The predicted octanol–water partition coefficient (Wildman–Crippen LogP) is 3.71. The van der Waals surface area contributed by atoms with E-state index in [-0.39, 0.29) is 6.01 Å². The molecule has 0 spiro atoms. The maximum Gasteiger partial charge on any atom is 0.408 e. The summed E-state index contributed by atoms with van der Waals surface area (Å²) >= 11 is 0. The largest absolute Gasteiger partial charge is 0.444 e. The number of amides is 1. The van der Waals surface area contributed by atoms with Gasteiger partial charge in [0.15, 0.2) is 0 Å². The zero-order valence-corrected chi connectivity index (χ0v) is 14.0. The summed E-state index contributed by atoms with van der Waals surface area (Å²) in [7, 11) is 0. The first kappa shape index (κ1) is 16.8. The molecule has 23 heavy (non-hydrogen) atoms. The third-order valence-corrected chi connectivity index (χ3v) is 2.81. The molecule has 0 bridgehead atoms. The van der Waals surface area contributed by atoms with Gasteiger partial charge in [-0.3, -0.25) is 0 Å². The van der Waals surface area contributed by atoms with Gasteiger partial charge in [-0.15, -0.1) is 5.10 Å². The number of benzene rings is 1. The van der Waals surface area contributed by atoms with E-state index in [9.17, 15) is 4.79 Å². The Morgan fingerprint density at radius 2 is 2.04 bits per heavy atom. The van der Waals surface area contributed by atoms with E-state index < -0.39 is 17.7 Å². The molecule has 0 saturated carbocycles. The number of anilines is 2. The average molecular weight is 318 g/mol. The smallest absolute Gasteiger partial charge is 0.408 e. The highest BCUT2D eigenvalue weighted by Crippen LogP contribution is 2.19. The van der Waals surface area contributed by atoms with E-state index in [0.717, 1.165) is 11.3 Å². The van der Waals surface area contributed by atoms with Gasteiger partial charge in [-0.05, 0) is 52.3 Å². The highest BCUT2D eigenvalue weighted by molar-refractivity contribution is 5.68. The number of rotatable bonds is 4. The van der Waals surface area contributed by atoms with Crippen LogP contribution in [-0.2, 0) is 4.74 Å². The molecule has 2 aromatic rings. The van der Waals surface area contributed by atoms with E-state index in [0.29, 0.717) is 5.89 Å². The Morgan fingerprint density at radius 1 is 1.30 bits per heavy atom. The molecule has 7 heteroatoms. The highest BCUT2D eigenvalue weighted by atomic mass is 16.6. The minimum absolute atomic E-state index is 0.267. The third kappa shape index (κ3) is 5.28. The molecular formula is C16H22N4O3. The first-order valence-electron chi connectivity index (χ1n) is 7.39. The predicted molar refractivity (Wildman–Crippen MR) is 86.5 cm³/mol. The molecule has 0 aliphatic carbocycles. The number of alkyl carbamates (subject to hydrolysis) is 1. The van der Waals surface area contributed by atoms with Crippen molar-refractivity contribution < 1.29 is 13.9 Å². The van der Waals surface area contributed by atoms with Crippen LogP contribution in [0.1, 0.15) is 45.2 Å². The van der Waals surface area contributed by atoms with Gasteiger partial charge in [-0.25, -0.2) is 4.79 Å². The number of hydrogen-bond acceptors (Lipinski definition) is 6. The molecule has 1 unspecified atom stereocenters. The van der Waals surface area contributed by atoms with Crippen LogP contribution in [0.4, 0.5) is 16.5 Å². The maximum absolute atomic E-state index is 11.7. The standard InChI is InChI=1S/C16H22N4O3/c1-10-7-6-8-12(9-10)18-14-20-19-13(22-14)11(2)17-15(21)23-16(3,4)5/h6-9,11H,1-5H3,(H,17,21)(H,18,20). The molecule has 1 aromatic carbocycles. The molecule has 1 atom stereocenters.